The molecule has 0 spiro atoms. The number of halogens is 2. The second-order valence-corrected chi connectivity index (χ2v) is 5.90. The summed E-state index contributed by atoms with van der Waals surface area (Å²) >= 11 is 7.83. The number of hydrogen-bond donors (Lipinski definition) is 1. The Kier molecular flexibility index (Phi) is 4.97. The molecule has 102 valence electrons. The van der Waals surface area contributed by atoms with E-state index in [2.05, 4.69) is 23.7 Å². The van der Waals surface area contributed by atoms with Crippen molar-refractivity contribution in [3.05, 3.63) is 56.5 Å². The molecule has 0 amide bonds. The van der Waals surface area contributed by atoms with Gasteiger partial charge in [-0.3, -0.25) is 0 Å². The molecule has 1 unspecified atom stereocenters. The van der Waals surface area contributed by atoms with Crippen LogP contribution in [-0.4, -0.2) is 0 Å². The summed E-state index contributed by atoms with van der Waals surface area (Å²) in [6, 6.07) is 6.81. The summed E-state index contributed by atoms with van der Waals surface area (Å²) in [5.74, 6) is -0.299. The molecule has 19 heavy (non-hydrogen) atoms. The van der Waals surface area contributed by atoms with Crippen molar-refractivity contribution in [1.82, 2.24) is 5.32 Å². The van der Waals surface area contributed by atoms with Gasteiger partial charge in [-0.15, -0.1) is 11.3 Å². The second kappa shape index (κ2) is 6.51. The number of nitrogens with one attached hydrogen (secondary N) is 1. The van der Waals surface area contributed by atoms with Gasteiger partial charge in [-0.1, -0.05) is 24.6 Å². The van der Waals surface area contributed by atoms with Crippen molar-refractivity contribution in [1.29, 1.82) is 0 Å². The Labute approximate surface area is 122 Å². The fraction of sp³-hybridized carbons (Fsp3) is 0.333. The Morgan fingerprint density at radius 3 is 2.84 bits per heavy atom. The molecular formula is C15H17ClFNS. The monoisotopic (exact) mass is 297 g/mol. The van der Waals surface area contributed by atoms with E-state index in [9.17, 15) is 4.39 Å². The highest BCUT2D eigenvalue weighted by Gasteiger charge is 2.11. The third-order valence-corrected chi connectivity index (χ3v) is 4.51. The van der Waals surface area contributed by atoms with E-state index in [-0.39, 0.29) is 11.9 Å². The molecule has 1 N–H and O–H groups in total. The summed E-state index contributed by atoms with van der Waals surface area (Å²) < 4.78 is 13.0. The highest BCUT2D eigenvalue weighted by atomic mass is 35.5. The highest BCUT2D eigenvalue weighted by molar-refractivity contribution is 7.10. The van der Waals surface area contributed by atoms with Crippen LogP contribution in [0, 0.1) is 5.82 Å². The van der Waals surface area contributed by atoms with E-state index >= 15 is 0 Å². The molecule has 2 aromatic rings. The van der Waals surface area contributed by atoms with Crippen molar-refractivity contribution in [3.8, 4) is 0 Å². The van der Waals surface area contributed by atoms with Crippen LogP contribution in [0.1, 0.15) is 35.9 Å². The van der Waals surface area contributed by atoms with Crippen LogP contribution in [-0.2, 0) is 13.0 Å². The summed E-state index contributed by atoms with van der Waals surface area (Å²) in [4.78, 5) is 1.35. The average Bonchev–Trinajstić information content (AvgIpc) is 2.83. The van der Waals surface area contributed by atoms with Gasteiger partial charge in [0.25, 0.3) is 0 Å². The van der Waals surface area contributed by atoms with Gasteiger partial charge in [0.2, 0.25) is 0 Å². The standard InChI is InChI=1S/C15H17ClFNS/c1-3-11-6-7-19-15(11)9-18-10(2)13-5-4-12(17)8-14(13)16/h4-8,10,18H,3,9H2,1-2H3. The van der Waals surface area contributed by atoms with Gasteiger partial charge in [-0.2, -0.15) is 0 Å². The molecule has 0 saturated heterocycles. The maximum Gasteiger partial charge on any atom is 0.124 e. The van der Waals surface area contributed by atoms with Crippen LogP contribution in [0.15, 0.2) is 29.6 Å². The third kappa shape index (κ3) is 3.56. The summed E-state index contributed by atoms with van der Waals surface area (Å²) in [7, 11) is 0. The molecule has 1 aromatic heterocycles. The van der Waals surface area contributed by atoms with Gasteiger partial charge in [0.15, 0.2) is 0 Å². The number of hydrogen-bond acceptors (Lipinski definition) is 2. The molecule has 0 fully saturated rings. The summed E-state index contributed by atoms with van der Waals surface area (Å²) in [6.07, 6.45) is 1.05. The minimum absolute atomic E-state index is 0.0971. The first-order valence-electron chi connectivity index (χ1n) is 6.35. The zero-order chi connectivity index (χ0) is 13.8. The van der Waals surface area contributed by atoms with Crippen molar-refractivity contribution in [3.63, 3.8) is 0 Å². The molecule has 0 aliphatic heterocycles. The molecule has 0 saturated carbocycles. The van der Waals surface area contributed by atoms with E-state index < -0.39 is 0 Å². The molecule has 2 rings (SSSR count). The van der Waals surface area contributed by atoms with Crippen molar-refractivity contribution < 1.29 is 4.39 Å². The lowest BCUT2D eigenvalue weighted by Gasteiger charge is -2.15. The molecule has 1 nitrogen and oxygen atoms in total. The van der Waals surface area contributed by atoms with Crippen molar-refractivity contribution >= 4 is 22.9 Å². The van der Waals surface area contributed by atoms with Crippen LogP contribution in [0.4, 0.5) is 4.39 Å². The molecule has 4 heteroatoms. The number of benzene rings is 1. The number of thiophene rings is 1. The maximum absolute atomic E-state index is 13.0. The quantitative estimate of drug-likeness (QED) is 0.823. The molecule has 0 bridgehead atoms. The van der Waals surface area contributed by atoms with Crippen molar-refractivity contribution in [2.24, 2.45) is 0 Å². The lowest BCUT2D eigenvalue weighted by molar-refractivity contribution is 0.573. The molecule has 0 aliphatic rings. The summed E-state index contributed by atoms with van der Waals surface area (Å²) in [6.45, 7) is 5.01. The van der Waals surface area contributed by atoms with E-state index in [1.54, 1.807) is 17.4 Å². The van der Waals surface area contributed by atoms with Crippen molar-refractivity contribution in [2.45, 2.75) is 32.9 Å². The first-order valence-corrected chi connectivity index (χ1v) is 7.61. The minimum Gasteiger partial charge on any atom is -0.305 e. The SMILES string of the molecule is CCc1ccsc1CNC(C)c1ccc(F)cc1Cl. The van der Waals surface area contributed by atoms with Crippen molar-refractivity contribution in [2.75, 3.05) is 0 Å². The van der Waals surface area contributed by atoms with Gasteiger partial charge in [0, 0.05) is 22.5 Å². The van der Waals surface area contributed by atoms with E-state index in [0.29, 0.717) is 5.02 Å². The molecule has 0 radical (unpaired) electrons. The van der Waals surface area contributed by atoms with Gasteiger partial charge >= 0.3 is 0 Å². The minimum atomic E-state index is -0.299. The molecule has 1 aromatic carbocycles. The van der Waals surface area contributed by atoms with E-state index in [0.717, 1.165) is 18.5 Å². The number of aryl methyl sites for hydroxylation is 1. The van der Waals surface area contributed by atoms with Crippen LogP contribution >= 0.6 is 22.9 Å². The summed E-state index contributed by atoms with van der Waals surface area (Å²) in [5, 5.41) is 6.03. The largest absolute Gasteiger partial charge is 0.305 e. The zero-order valence-corrected chi connectivity index (χ0v) is 12.6. The fourth-order valence-corrected chi connectivity index (χ4v) is 3.30. The molecule has 1 atom stereocenters. The fourth-order valence-electron chi connectivity index (χ4n) is 2.05. The topological polar surface area (TPSA) is 12.0 Å². The second-order valence-electron chi connectivity index (χ2n) is 4.49. The lowest BCUT2D eigenvalue weighted by Crippen LogP contribution is -2.18. The predicted molar refractivity (Wildman–Crippen MR) is 80.4 cm³/mol. The van der Waals surface area contributed by atoms with E-state index in [1.807, 2.05) is 6.92 Å². The van der Waals surface area contributed by atoms with Gasteiger partial charge in [0.05, 0.1) is 0 Å². The highest BCUT2D eigenvalue weighted by Crippen LogP contribution is 2.25. The van der Waals surface area contributed by atoms with Gasteiger partial charge in [-0.25, -0.2) is 4.39 Å². The Hall–Kier alpha value is -0.900. The van der Waals surface area contributed by atoms with Crippen LogP contribution < -0.4 is 5.32 Å². The first kappa shape index (κ1) is 14.5. The van der Waals surface area contributed by atoms with Crippen LogP contribution in [0.5, 0.6) is 0 Å². The van der Waals surface area contributed by atoms with Gasteiger partial charge in [0.1, 0.15) is 5.82 Å². The van der Waals surface area contributed by atoms with Crippen LogP contribution in [0.2, 0.25) is 5.02 Å². The predicted octanol–water partition coefficient (Wildman–Crippen LogP) is 4.95. The van der Waals surface area contributed by atoms with Crippen LogP contribution in [0.3, 0.4) is 0 Å². The van der Waals surface area contributed by atoms with E-state index in [1.165, 1.54) is 22.6 Å². The Morgan fingerprint density at radius 2 is 2.16 bits per heavy atom. The van der Waals surface area contributed by atoms with Gasteiger partial charge < -0.3 is 5.32 Å². The molecule has 0 aliphatic carbocycles. The number of rotatable bonds is 5. The van der Waals surface area contributed by atoms with Gasteiger partial charge in [-0.05, 0) is 48.1 Å². The zero-order valence-electron chi connectivity index (χ0n) is 11.0. The van der Waals surface area contributed by atoms with E-state index in [4.69, 9.17) is 11.6 Å². The molecular weight excluding hydrogens is 281 g/mol. The first-order chi connectivity index (χ1) is 9.11. The Balaban J connectivity index is 2.03. The lowest BCUT2D eigenvalue weighted by atomic mass is 10.1. The third-order valence-electron chi connectivity index (χ3n) is 3.22. The Morgan fingerprint density at radius 1 is 1.37 bits per heavy atom. The maximum atomic E-state index is 13.0. The molecule has 1 heterocycles. The average molecular weight is 298 g/mol. The van der Waals surface area contributed by atoms with Crippen LogP contribution in [0.25, 0.3) is 0 Å². The smallest absolute Gasteiger partial charge is 0.124 e. The Bertz CT molecular complexity index is 553. The normalized spacial score (nSPS) is 12.6. The summed E-state index contributed by atoms with van der Waals surface area (Å²) in [5.41, 5.74) is 2.31.